The first-order valence-corrected chi connectivity index (χ1v) is 10.2. The number of fused-ring (bicyclic) bond motifs is 1. The van der Waals surface area contributed by atoms with Gasteiger partial charge in [0.2, 0.25) is 0 Å². The Morgan fingerprint density at radius 3 is 2.94 bits per heavy atom. The predicted molar refractivity (Wildman–Crippen MR) is 112 cm³/mol. The van der Waals surface area contributed by atoms with Gasteiger partial charge in [-0.05, 0) is 30.2 Å². The van der Waals surface area contributed by atoms with E-state index in [2.05, 4.69) is 25.3 Å². The van der Waals surface area contributed by atoms with E-state index in [0.29, 0.717) is 29.6 Å². The van der Waals surface area contributed by atoms with Crippen LogP contribution in [-0.4, -0.2) is 60.2 Å². The van der Waals surface area contributed by atoms with Crippen LogP contribution in [0.15, 0.2) is 61.7 Å². The normalized spacial score (nSPS) is 18.6. The average Bonchev–Trinajstić information content (AvgIpc) is 3.50. The summed E-state index contributed by atoms with van der Waals surface area (Å²) in [7, 11) is 0. The molecule has 5 rings (SSSR count). The minimum absolute atomic E-state index is 0.149. The van der Waals surface area contributed by atoms with E-state index in [4.69, 9.17) is 0 Å². The van der Waals surface area contributed by atoms with Gasteiger partial charge in [0.05, 0.1) is 35.8 Å². The van der Waals surface area contributed by atoms with E-state index in [1.807, 2.05) is 6.20 Å². The van der Waals surface area contributed by atoms with Crippen LogP contribution >= 0.6 is 0 Å². The summed E-state index contributed by atoms with van der Waals surface area (Å²) in [6, 6.07) is 4.54. The molecule has 0 radical (unpaired) electrons. The summed E-state index contributed by atoms with van der Waals surface area (Å²) >= 11 is 0. The van der Waals surface area contributed by atoms with E-state index in [0.717, 1.165) is 6.20 Å². The standard InChI is InChI=1S/C22H20FN7O2/c23-15-8-14(9-24-10-15)16-3-7-29(12-18(16)28-21(31)20-26-4-5-27-20)22(32)17-2-1-6-30-13-25-11-19(17)30/h1-2,4-6,8-11,13,16,18H,3,7,12H2,(H,26,27)(H,28,31)/t16-,18+/m0/s1. The lowest BCUT2D eigenvalue weighted by Crippen LogP contribution is -2.53. The zero-order valence-corrected chi connectivity index (χ0v) is 17.0. The first kappa shape index (κ1) is 19.9. The number of halogens is 1. The molecule has 2 atom stereocenters. The smallest absolute Gasteiger partial charge is 0.287 e. The van der Waals surface area contributed by atoms with Gasteiger partial charge in [-0.2, -0.15) is 0 Å². The molecule has 0 aliphatic carbocycles. The van der Waals surface area contributed by atoms with Crippen LogP contribution in [0.5, 0.6) is 0 Å². The molecule has 4 aromatic rings. The minimum atomic E-state index is -0.446. The van der Waals surface area contributed by atoms with Crippen LogP contribution in [-0.2, 0) is 0 Å². The predicted octanol–water partition coefficient (Wildman–Crippen LogP) is 2.02. The molecule has 0 saturated carbocycles. The number of carbonyl (C=O) groups excluding carboxylic acids is 2. The summed E-state index contributed by atoms with van der Waals surface area (Å²) < 4.78 is 15.6. The van der Waals surface area contributed by atoms with Gasteiger partial charge in [-0.15, -0.1) is 0 Å². The molecule has 1 aliphatic rings. The van der Waals surface area contributed by atoms with Crippen molar-refractivity contribution in [1.82, 2.24) is 34.6 Å². The molecule has 9 nitrogen and oxygen atoms in total. The van der Waals surface area contributed by atoms with Crippen molar-refractivity contribution >= 4 is 17.3 Å². The van der Waals surface area contributed by atoms with E-state index in [1.165, 1.54) is 12.3 Å². The molecule has 0 aromatic carbocycles. The molecule has 0 unspecified atom stereocenters. The number of hydrogen-bond acceptors (Lipinski definition) is 5. The van der Waals surface area contributed by atoms with Crippen LogP contribution < -0.4 is 5.32 Å². The Morgan fingerprint density at radius 2 is 2.12 bits per heavy atom. The molecule has 4 aromatic heterocycles. The van der Waals surface area contributed by atoms with Crippen LogP contribution in [0.3, 0.4) is 0 Å². The molecule has 0 spiro atoms. The van der Waals surface area contributed by atoms with Gasteiger partial charge in [0.25, 0.3) is 11.8 Å². The maximum atomic E-state index is 13.8. The van der Waals surface area contributed by atoms with Crippen molar-refractivity contribution in [2.75, 3.05) is 13.1 Å². The molecule has 1 saturated heterocycles. The lowest BCUT2D eigenvalue weighted by atomic mass is 9.85. The average molecular weight is 433 g/mol. The summed E-state index contributed by atoms with van der Waals surface area (Å²) in [6.45, 7) is 0.726. The third-order valence-corrected chi connectivity index (χ3v) is 5.77. The number of hydrogen-bond donors (Lipinski definition) is 2. The first-order chi connectivity index (χ1) is 15.6. The van der Waals surface area contributed by atoms with E-state index >= 15 is 0 Å². The lowest BCUT2D eigenvalue weighted by Gasteiger charge is -2.39. The van der Waals surface area contributed by atoms with Crippen molar-refractivity contribution in [3.63, 3.8) is 0 Å². The third-order valence-electron chi connectivity index (χ3n) is 5.77. The number of pyridine rings is 2. The molecule has 10 heteroatoms. The summed E-state index contributed by atoms with van der Waals surface area (Å²) in [4.78, 5) is 42.6. The van der Waals surface area contributed by atoms with Crippen molar-refractivity contribution in [2.45, 2.75) is 18.4 Å². The van der Waals surface area contributed by atoms with Crippen LogP contribution in [0.2, 0.25) is 0 Å². The van der Waals surface area contributed by atoms with Gasteiger partial charge in [-0.25, -0.2) is 14.4 Å². The van der Waals surface area contributed by atoms with Crippen LogP contribution in [0, 0.1) is 5.82 Å². The number of aromatic nitrogens is 5. The number of imidazole rings is 2. The fraction of sp³-hybridized carbons (Fsp3) is 0.227. The Bertz CT molecular complexity index is 1270. The molecule has 1 fully saturated rings. The maximum Gasteiger partial charge on any atom is 0.287 e. The highest BCUT2D eigenvalue weighted by Crippen LogP contribution is 2.30. The van der Waals surface area contributed by atoms with E-state index < -0.39 is 11.9 Å². The van der Waals surface area contributed by atoms with Gasteiger partial charge in [0.1, 0.15) is 5.82 Å². The van der Waals surface area contributed by atoms with E-state index in [-0.39, 0.29) is 30.1 Å². The summed E-state index contributed by atoms with van der Waals surface area (Å²) in [5.41, 5.74) is 1.93. The topological polar surface area (TPSA) is 108 Å². The van der Waals surface area contributed by atoms with Gasteiger partial charge in [0.15, 0.2) is 5.82 Å². The van der Waals surface area contributed by atoms with Crippen LogP contribution in [0.25, 0.3) is 5.52 Å². The second-order valence-electron chi connectivity index (χ2n) is 7.71. The number of likely N-dealkylation sites (tertiary alicyclic amines) is 1. The SMILES string of the molecule is O=C(N[C@@H]1CN(C(=O)c2cccn3cncc23)CC[C@H]1c1cncc(F)c1)c1ncc[nH]1. The second-order valence-corrected chi connectivity index (χ2v) is 7.71. The van der Waals surface area contributed by atoms with Gasteiger partial charge in [-0.1, -0.05) is 0 Å². The Hall–Kier alpha value is -4.08. The van der Waals surface area contributed by atoms with Crippen molar-refractivity contribution in [2.24, 2.45) is 0 Å². The Kier molecular flexibility index (Phi) is 5.10. The maximum absolute atomic E-state index is 13.8. The third kappa shape index (κ3) is 3.70. The van der Waals surface area contributed by atoms with E-state index in [9.17, 15) is 14.0 Å². The molecule has 2 N–H and O–H groups in total. The number of aromatic amines is 1. The van der Waals surface area contributed by atoms with Gasteiger partial charge < -0.3 is 19.6 Å². The van der Waals surface area contributed by atoms with Crippen molar-refractivity contribution in [1.29, 1.82) is 0 Å². The molecule has 32 heavy (non-hydrogen) atoms. The number of piperidine rings is 1. The van der Waals surface area contributed by atoms with Gasteiger partial charge in [-0.3, -0.25) is 14.6 Å². The van der Waals surface area contributed by atoms with Crippen molar-refractivity contribution in [3.8, 4) is 0 Å². The highest BCUT2D eigenvalue weighted by atomic mass is 19.1. The molecule has 5 heterocycles. The molecule has 162 valence electrons. The summed E-state index contributed by atoms with van der Waals surface area (Å²) in [5.74, 6) is -1.00. The van der Waals surface area contributed by atoms with Crippen LogP contribution in [0.1, 0.15) is 38.9 Å². The molecule has 0 bridgehead atoms. The monoisotopic (exact) mass is 433 g/mol. The van der Waals surface area contributed by atoms with Crippen LogP contribution in [0.4, 0.5) is 4.39 Å². The first-order valence-electron chi connectivity index (χ1n) is 10.2. The van der Waals surface area contributed by atoms with Gasteiger partial charge in [0, 0.05) is 43.8 Å². The van der Waals surface area contributed by atoms with Gasteiger partial charge >= 0.3 is 0 Å². The number of rotatable bonds is 4. The Labute approximate surface area is 182 Å². The van der Waals surface area contributed by atoms with Crippen molar-refractivity contribution < 1.29 is 14.0 Å². The quantitative estimate of drug-likeness (QED) is 0.512. The number of nitrogens with zero attached hydrogens (tertiary/aromatic N) is 5. The lowest BCUT2D eigenvalue weighted by molar-refractivity contribution is 0.0655. The number of nitrogens with one attached hydrogen (secondary N) is 2. The zero-order valence-electron chi connectivity index (χ0n) is 17.0. The fourth-order valence-electron chi connectivity index (χ4n) is 4.24. The Morgan fingerprint density at radius 1 is 1.22 bits per heavy atom. The number of H-pyrrole nitrogens is 1. The second kappa shape index (κ2) is 8.22. The minimum Gasteiger partial charge on any atom is -0.344 e. The molecule has 2 amide bonds. The van der Waals surface area contributed by atoms with Crippen molar-refractivity contribution in [3.05, 3.63) is 84.5 Å². The fourth-order valence-corrected chi connectivity index (χ4v) is 4.24. The largest absolute Gasteiger partial charge is 0.344 e. The highest BCUT2D eigenvalue weighted by Gasteiger charge is 2.35. The Balaban J connectivity index is 1.43. The molecular weight excluding hydrogens is 413 g/mol. The summed E-state index contributed by atoms with van der Waals surface area (Å²) in [6.07, 6.45) is 11.5. The molecule has 1 aliphatic heterocycles. The zero-order chi connectivity index (χ0) is 22.1. The highest BCUT2D eigenvalue weighted by molar-refractivity contribution is 6.00. The molecular formula is C22H20FN7O2. The number of amides is 2. The van der Waals surface area contributed by atoms with E-state index in [1.54, 1.807) is 46.4 Å². The number of carbonyl (C=O) groups is 2. The summed E-state index contributed by atoms with van der Waals surface area (Å²) in [5, 5.41) is 2.96.